The number of hydrogen-bond acceptors (Lipinski definition) is 3. The average Bonchev–Trinajstić information content (AvgIpc) is 2.53. The third kappa shape index (κ3) is 4.87. The van der Waals surface area contributed by atoms with Crippen LogP contribution in [0.15, 0.2) is 42.6 Å². The lowest BCUT2D eigenvalue weighted by Gasteiger charge is -2.23. The Morgan fingerprint density at radius 1 is 1.12 bits per heavy atom. The van der Waals surface area contributed by atoms with Gasteiger partial charge in [0.1, 0.15) is 11.6 Å². The van der Waals surface area contributed by atoms with Gasteiger partial charge < -0.3 is 10.1 Å². The zero-order chi connectivity index (χ0) is 19.5. The zero-order valence-corrected chi connectivity index (χ0v) is 13.2. The first kappa shape index (κ1) is 19.5. The van der Waals surface area contributed by atoms with Crippen molar-refractivity contribution < 1.29 is 35.9 Å². The summed E-state index contributed by atoms with van der Waals surface area (Å²) in [5.41, 5.74) is 0.850. The number of alkyl halides is 6. The molecule has 0 aliphatic heterocycles. The fourth-order valence-electron chi connectivity index (χ4n) is 1.87. The SMILES string of the molecule is Cc1ccnc(NC(=O)c2ccc(OC(F)(F)[C@H](F)C(F)(F)F)cc2)c1. The molecule has 1 aromatic heterocycles. The number of amides is 1. The van der Waals surface area contributed by atoms with Crippen molar-refractivity contribution >= 4 is 11.7 Å². The van der Waals surface area contributed by atoms with Gasteiger partial charge in [0, 0.05) is 11.8 Å². The van der Waals surface area contributed by atoms with E-state index in [1.807, 2.05) is 0 Å². The van der Waals surface area contributed by atoms with Gasteiger partial charge in [0.2, 0.25) is 0 Å². The number of aryl methyl sites for hydroxylation is 1. The number of carbonyl (C=O) groups is 1. The molecule has 0 spiro atoms. The summed E-state index contributed by atoms with van der Waals surface area (Å²) in [6, 6.07) is 7.04. The van der Waals surface area contributed by atoms with Crippen molar-refractivity contribution in [2.45, 2.75) is 25.4 Å². The van der Waals surface area contributed by atoms with Gasteiger partial charge in [-0.15, -0.1) is 0 Å². The molecule has 1 amide bonds. The van der Waals surface area contributed by atoms with E-state index in [1.54, 1.807) is 19.1 Å². The highest BCUT2D eigenvalue weighted by atomic mass is 19.4. The molecule has 140 valence electrons. The zero-order valence-electron chi connectivity index (χ0n) is 13.2. The van der Waals surface area contributed by atoms with E-state index in [9.17, 15) is 31.1 Å². The average molecular weight is 378 g/mol. The summed E-state index contributed by atoms with van der Waals surface area (Å²) in [5, 5.41) is 2.46. The third-order valence-corrected chi connectivity index (χ3v) is 3.11. The molecule has 0 saturated heterocycles. The minimum atomic E-state index is -5.77. The largest absolute Gasteiger partial charge is 0.439 e. The van der Waals surface area contributed by atoms with E-state index in [4.69, 9.17) is 0 Å². The van der Waals surface area contributed by atoms with Crippen LogP contribution < -0.4 is 10.1 Å². The Labute approximate surface area is 143 Å². The lowest BCUT2D eigenvalue weighted by molar-refractivity contribution is -0.304. The van der Waals surface area contributed by atoms with E-state index in [0.717, 1.165) is 29.8 Å². The number of aromatic nitrogens is 1. The van der Waals surface area contributed by atoms with Gasteiger partial charge in [-0.3, -0.25) is 4.79 Å². The molecule has 1 aromatic carbocycles. The van der Waals surface area contributed by atoms with Crippen LogP contribution >= 0.6 is 0 Å². The molecule has 0 radical (unpaired) electrons. The fraction of sp³-hybridized carbons (Fsp3) is 0.250. The minimum Gasteiger partial charge on any atom is -0.430 e. The summed E-state index contributed by atoms with van der Waals surface area (Å²) in [7, 11) is 0. The highest BCUT2D eigenvalue weighted by Gasteiger charge is 2.59. The van der Waals surface area contributed by atoms with Crippen molar-refractivity contribution in [3.8, 4) is 5.75 Å². The molecule has 0 saturated carbocycles. The van der Waals surface area contributed by atoms with Gasteiger partial charge in [-0.2, -0.15) is 22.0 Å². The number of nitrogens with zero attached hydrogens (tertiary/aromatic N) is 1. The van der Waals surface area contributed by atoms with E-state index in [-0.39, 0.29) is 11.4 Å². The normalized spacial score (nSPS) is 13.2. The van der Waals surface area contributed by atoms with E-state index < -0.39 is 30.1 Å². The molecule has 2 aromatic rings. The number of benzene rings is 1. The van der Waals surface area contributed by atoms with Crippen molar-refractivity contribution in [2.24, 2.45) is 0 Å². The summed E-state index contributed by atoms with van der Waals surface area (Å²) in [5.74, 6) is -1.10. The molecule has 1 atom stereocenters. The molecule has 4 nitrogen and oxygen atoms in total. The molecule has 0 aliphatic rings. The van der Waals surface area contributed by atoms with Crippen LogP contribution in [0, 0.1) is 6.92 Å². The summed E-state index contributed by atoms with van der Waals surface area (Å²) in [6.45, 7) is 1.78. The van der Waals surface area contributed by atoms with Crippen molar-refractivity contribution in [1.29, 1.82) is 0 Å². The highest BCUT2D eigenvalue weighted by Crippen LogP contribution is 2.36. The maximum atomic E-state index is 13.2. The summed E-state index contributed by atoms with van der Waals surface area (Å²) in [4.78, 5) is 15.9. The van der Waals surface area contributed by atoms with Crippen LogP contribution in [0.5, 0.6) is 5.75 Å². The molecule has 1 heterocycles. The van der Waals surface area contributed by atoms with E-state index in [1.165, 1.54) is 6.20 Å². The van der Waals surface area contributed by atoms with Gasteiger partial charge in [-0.25, -0.2) is 9.37 Å². The maximum absolute atomic E-state index is 13.2. The van der Waals surface area contributed by atoms with E-state index in [0.29, 0.717) is 0 Å². The Morgan fingerprint density at radius 2 is 1.73 bits per heavy atom. The number of ether oxygens (including phenoxy) is 1. The summed E-state index contributed by atoms with van der Waals surface area (Å²) in [6.07, 6.45) is -13.9. The smallest absolute Gasteiger partial charge is 0.430 e. The van der Waals surface area contributed by atoms with Crippen molar-refractivity contribution in [3.63, 3.8) is 0 Å². The second kappa shape index (κ2) is 7.22. The Bertz CT molecular complexity index is 777. The number of hydrogen-bond donors (Lipinski definition) is 1. The molecule has 10 heteroatoms. The number of carbonyl (C=O) groups excluding carboxylic acids is 1. The quantitative estimate of drug-likeness (QED) is 0.779. The monoisotopic (exact) mass is 378 g/mol. The van der Waals surface area contributed by atoms with Crippen LogP contribution in [0.25, 0.3) is 0 Å². The lowest BCUT2D eigenvalue weighted by Crippen LogP contribution is -2.45. The van der Waals surface area contributed by atoms with Gasteiger partial charge in [-0.05, 0) is 48.9 Å². The van der Waals surface area contributed by atoms with Gasteiger partial charge >= 0.3 is 12.3 Å². The number of nitrogens with one attached hydrogen (secondary N) is 1. The second-order valence-corrected chi connectivity index (χ2v) is 5.26. The molecule has 1 N–H and O–H groups in total. The van der Waals surface area contributed by atoms with Crippen LogP contribution in [-0.2, 0) is 0 Å². The van der Waals surface area contributed by atoms with E-state index >= 15 is 0 Å². The van der Waals surface area contributed by atoms with Crippen LogP contribution in [0.2, 0.25) is 0 Å². The first-order valence-corrected chi connectivity index (χ1v) is 7.11. The first-order valence-electron chi connectivity index (χ1n) is 7.11. The van der Waals surface area contributed by atoms with Gasteiger partial charge in [-0.1, -0.05) is 0 Å². The number of halogens is 6. The molecular formula is C16H12F6N2O2. The Morgan fingerprint density at radius 3 is 2.27 bits per heavy atom. The molecule has 0 unspecified atom stereocenters. The summed E-state index contributed by atoms with van der Waals surface area (Å²) >= 11 is 0. The second-order valence-electron chi connectivity index (χ2n) is 5.26. The van der Waals surface area contributed by atoms with Crippen LogP contribution in [0.3, 0.4) is 0 Å². The van der Waals surface area contributed by atoms with Crippen LogP contribution in [0.4, 0.5) is 32.2 Å². The van der Waals surface area contributed by atoms with Crippen molar-refractivity contribution in [2.75, 3.05) is 5.32 Å². The minimum absolute atomic E-state index is 0.0107. The number of anilines is 1. The molecule has 2 rings (SSSR count). The van der Waals surface area contributed by atoms with Crippen LogP contribution in [-0.4, -0.2) is 29.3 Å². The third-order valence-electron chi connectivity index (χ3n) is 3.11. The van der Waals surface area contributed by atoms with Gasteiger partial charge in [0.25, 0.3) is 12.1 Å². The molecule has 26 heavy (non-hydrogen) atoms. The Kier molecular flexibility index (Phi) is 5.43. The number of pyridine rings is 1. The molecular weight excluding hydrogens is 366 g/mol. The summed E-state index contributed by atoms with van der Waals surface area (Å²) < 4.78 is 79.1. The Hall–Kier alpha value is -2.78. The predicted octanol–water partition coefficient (Wildman–Crippen LogP) is 4.51. The highest BCUT2D eigenvalue weighted by molar-refractivity contribution is 6.03. The first-order chi connectivity index (χ1) is 12.0. The molecule has 0 aliphatic carbocycles. The maximum Gasteiger partial charge on any atom is 0.439 e. The van der Waals surface area contributed by atoms with Crippen molar-refractivity contribution in [3.05, 3.63) is 53.7 Å². The standard InChI is InChI=1S/C16H12F6N2O2/c1-9-6-7-23-12(8-9)24-13(25)10-2-4-11(5-3-10)26-16(21,22)14(17)15(18,19)20/h2-8,14H,1H3,(H,23,24,25)/t14-/m1/s1. The topological polar surface area (TPSA) is 51.2 Å². The predicted molar refractivity (Wildman–Crippen MR) is 79.9 cm³/mol. The van der Waals surface area contributed by atoms with Gasteiger partial charge in [0.15, 0.2) is 0 Å². The van der Waals surface area contributed by atoms with Crippen LogP contribution in [0.1, 0.15) is 15.9 Å². The Balaban J connectivity index is 2.07. The molecule has 0 fully saturated rings. The molecule has 0 bridgehead atoms. The number of rotatable bonds is 5. The van der Waals surface area contributed by atoms with E-state index in [2.05, 4.69) is 15.0 Å². The lowest BCUT2D eigenvalue weighted by atomic mass is 10.2. The van der Waals surface area contributed by atoms with Gasteiger partial charge in [0.05, 0.1) is 0 Å². The van der Waals surface area contributed by atoms with Crippen molar-refractivity contribution in [1.82, 2.24) is 4.98 Å². The fourth-order valence-corrected chi connectivity index (χ4v) is 1.87.